The average Bonchev–Trinajstić information content (AvgIpc) is 3.23. The molecule has 3 unspecified atom stereocenters. The zero-order valence-electron chi connectivity index (χ0n) is 44.0. The smallest absolute Gasteiger partial charge is 0.311 e. The molecule has 4 rings (SSSR count). The van der Waals surface area contributed by atoms with Crippen molar-refractivity contribution in [1.29, 1.82) is 0 Å². The summed E-state index contributed by atoms with van der Waals surface area (Å²) in [6, 6.07) is 10.1. The summed E-state index contributed by atoms with van der Waals surface area (Å²) in [5, 5.41) is 13.3. The van der Waals surface area contributed by atoms with Crippen LogP contribution in [0.5, 0.6) is 5.75 Å². The lowest BCUT2D eigenvalue weighted by Crippen LogP contribution is -2.42. The van der Waals surface area contributed by atoms with Gasteiger partial charge in [-0.1, -0.05) is 65.3 Å². The highest BCUT2D eigenvalue weighted by Gasteiger charge is 2.35. The largest absolute Gasteiger partial charge is 0.462 e. The molecular weight excluding hydrogens is 932 g/mol. The molecule has 16 nitrogen and oxygen atoms in total. The number of esters is 5. The quantitative estimate of drug-likeness (QED) is 0.0371. The van der Waals surface area contributed by atoms with E-state index in [9.17, 15) is 29.1 Å². The number of aliphatic hydroxyl groups is 1. The minimum absolute atomic E-state index is 0.0394. The van der Waals surface area contributed by atoms with Gasteiger partial charge in [-0.25, -0.2) is 9.97 Å². The number of aliphatic hydroxyl groups excluding tert-OH is 1. The number of carbonyl (C=O) groups excluding carboxylic acids is 5. The Kier molecular flexibility index (Phi) is 21.7. The van der Waals surface area contributed by atoms with Gasteiger partial charge < -0.3 is 43.7 Å². The molecule has 1 heterocycles. The first-order valence-electron chi connectivity index (χ1n) is 24.7. The van der Waals surface area contributed by atoms with Gasteiger partial charge in [0.2, 0.25) is 0 Å². The predicted molar refractivity (Wildman–Crippen MR) is 272 cm³/mol. The standard InChI is InChI=1S/C54H77ClN4O12/c1-32(2)29-59(44-19-14-39(35(5)24-50(64)71-53(9,10)11)25-43(44)58-47-28-56-46(55)27-57-47)40-15-17-41(18-16-40)68-51(65)26-54(12,13)52-36(6)20-33(3)21-45(52)70-49(63)23-34(4)22-48(62)69-42(30-66-37(7)60)31-67-38(8)61/h14,19-21,25,27-28,32,34-35,37,40-42,60H,15-18,22-24,26,29-31H2,1-13H3,(H,57,58)/t34?,35-,37?,40-,41-,42?/m1/s1. The van der Waals surface area contributed by atoms with Crippen molar-refractivity contribution in [1.82, 2.24) is 9.97 Å². The number of aromatic nitrogens is 2. The van der Waals surface area contributed by atoms with Crippen molar-refractivity contribution in [3.05, 3.63) is 70.1 Å². The Morgan fingerprint density at radius 2 is 1.52 bits per heavy atom. The van der Waals surface area contributed by atoms with Gasteiger partial charge in [-0.05, 0) is 120 Å². The van der Waals surface area contributed by atoms with Crippen LogP contribution in [0.2, 0.25) is 5.15 Å². The topological polar surface area (TPSA) is 202 Å². The normalized spacial score (nSPS) is 16.8. The van der Waals surface area contributed by atoms with Crippen LogP contribution in [0.25, 0.3) is 0 Å². The van der Waals surface area contributed by atoms with Crippen LogP contribution >= 0.6 is 11.6 Å². The summed E-state index contributed by atoms with van der Waals surface area (Å²) in [5.74, 6) is -1.77. The number of anilines is 3. The first-order valence-corrected chi connectivity index (χ1v) is 25.1. The van der Waals surface area contributed by atoms with E-state index in [0.29, 0.717) is 35.9 Å². The molecule has 0 amide bonds. The SMILES string of the molecule is CC(=O)OCC(COC(C)O)OC(=O)CC(C)CC(=O)Oc1cc(C)cc(C)c1C(C)(C)CC(=O)O[C@H]1CC[C@H](N(CC(C)C)c2ccc([C@H](C)CC(=O)OC(C)(C)C)cc2Nc2cnc(Cl)cn2)CC1. The van der Waals surface area contributed by atoms with Crippen molar-refractivity contribution in [2.45, 2.75) is 183 Å². The van der Waals surface area contributed by atoms with E-state index in [1.807, 2.05) is 61.5 Å². The number of hydrogen-bond donors (Lipinski definition) is 2. The number of nitrogens with zero attached hydrogens (tertiary/aromatic N) is 3. The van der Waals surface area contributed by atoms with Gasteiger partial charge in [0.1, 0.15) is 35.0 Å². The number of halogens is 1. The van der Waals surface area contributed by atoms with E-state index in [1.54, 1.807) is 19.2 Å². The van der Waals surface area contributed by atoms with Gasteiger partial charge in [-0.15, -0.1) is 0 Å². The molecule has 71 heavy (non-hydrogen) atoms. The summed E-state index contributed by atoms with van der Waals surface area (Å²) in [6.07, 6.45) is 3.68. The van der Waals surface area contributed by atoms with E-state index in [2.05, 4.69) is 52.2 Å². The van der Waals surface area contributed by atoms with Gasteiger partial charge in [0.25, 0.3) is 0 Å². The van der Waals surface area contributed by atoms with Crippen LogP contribution in [-0.4, -0.2) is 94.8 Å². The molecule has 1 fully saturated rings. The third-order valence-electron chi connectivity index (χ3n) is 11.9. The lowest BCUT2D eigenvalue weighted by Gasteiger charge is -2.40. The average molecular weight is 1010 g/mol. The van der Waals surface area contributed by atoms with Crippen molar-refractivity contribution >= 4 is 58.6 Å². The van der Waals surface area contributed by atoms with Crippen LogP contribution in [0.4, 0.5) is 17.2 Å². The second-order valence-corrected chi connectivity index (χ2v) is 21.5. The maximum absolute atomic E-state index is 13.8. The molecule has 0 spiro atoms. The van der Waals surface area contributed by atoms with Crippen molar-refractivity contribution < 1.29 is 57.5 Å². The molecular formula is C54H77ClN4O12. The Labute approximate surface area is 425 Å². The molecule has 1 aliphatic carbocycles. The first kappa shape index (κ1) is 58.3. The number of ether oxygens (including phenoxy) is 6. The monoisotopic (exact) mass is 1010 g/mol. The molecule has 17 heteroatoms. The van der Waals surface area contributed by atoms with Crippen LogP contribution in [0, 0.1) is 25.7 Å². The molecule has 4 atom stereocenters. The molecule has 1 aliphatic rings. The number of carbonyl (C=O) groups is 5. The van der Waals surface area contributed by atoms with Gasteiger partial charge in [0.15, 0.2) is 12.4 Å². The Morgan fingerprint density at radius 1 is 0.845 bits per heavy atom. The molecule has 1 saturated carbocycles. The fraction of sp³-hybridized carbons (Fsp3) is 0.611. The molecule has 2 aromatic carbocycles. The van der Waals surface area contributed by atoms with E-state index in [1.165, 1.54) is 20.0 Å². The summed E-state index contributed by atoms with van der Waals surface area (Å²) in [6.45, 7) is 24.3. The van der Waals surface area contributed by atoms with E-state index >= 15 is 0 Å². The maximum Gasteiger partial charge on any atom is 0.311 e. The molecule has 0 aliphatic heterocycles. The first-order chi connectivity index (χ1) is 33.2. The van der Waals surface area contributed by atoms with Crippen LogP contribution in [0.1, 0.15) is 156 Å². The van der Waals surface area contributed by atoms with Gasteiger partial charge in [0.05, 0.1) is 43.2 Å². The highest BCUT2D eigenvalue weighted by Crippen LogP contribution is 2.41. The van der Waals surface area contributed by atoms with Crippen molar-refractivity contribution in [2.24, 2.45) is 11.8 Å². The van der Waals surface area contributed by atoms with Crippen LogP contribution in [0.3, 0.4) is 0 Å². The number of rotatable bonds is 24. The summed E-state index contributed by atoms with van der Waals surface area (Å²) in [7, 11) is 0. The Balaban J connectivity index is 1.43. The summed E-state index contributed by atoms with van der Waals surface area (Å²) < 4.78 is 33.4. The third kappa shape index (κ3) is 19.7. The molecule has 3 aromatic rings. The number of benzene rings is 2. The third-order valence-corrected chi connectivity index (χ3v) is 12.1. The van der Waals surface area contributed by atoms with Gasteiger partial charge in [-0.2, -0.15) is 0 Å². The lowest BCUT2D eigenvalue weighted by molar-refractivity contribution is -0.170. The zero-order valence-corrected chi connectivity index (χ0v) is 44.8. The molecule has 0 radical (unpaired) electrons. The van der Waals surface area contributed by atoms with Gasteiger partial charge in [-0.3, -0.25) is 24.0 Å². The van der Waals surface area contributed by atoms with Crippen molar-refractivity contribution in [3.63, 3.8) is 0 Å². The van der Waals surface area contributed by atoms with E-state index in [-0.39, 0.29) is 74.1 Å². The molecule has 1 aromatic heterocycles. The summed E-state index contributed by atoms with van der Waals surface area (Å²) >= 11 is 6.08. The Morgan fingerprint density at radius 3 is 2.13 bits per heavy atom. The zero-order chi connectivity index (χ0) is 52.8. The van der Waals surface area contributed by atoms with Crippen molar-refractivity contribution in [3.8, 4) is 5.75 Å². The minimum Gasteiger partial charge on any atom is -0.462 e. The van der Waals surface area contributed by atoms with Crippen LogP contribution < -0.4 is 15.0 Å². The Hall–Kier alpha value is -5.32. The second kappa shape index (κ2) is 26.4. The van der Waals surface area contributed by atoms with Gasteiger partial charge in [0, 0.05) is 43.3 Å². The maximum atomic E-state index is 13.8. The number of aryl methyl sites for hydroxylation is 2. The van der Waals surface area contributed by atoms with Crippen molar-refractivity contribution in [2.75, 3.05) is 30.0 Å². The minimum atomic E-state index is -1.12. The highest BCUT2D eigenvalue weighted by molar-refractivity contribution is 6.29. The van der Waals surface area contributed by atoms with Gasteiger partial charge >= 0.3 is 29.8 Å². The van der Waals surface area contributed by atoms with E-state index in [4.69, 9.17) is 40.0 Å². The van der Waals surface area contributed by atoms with E-state index < -0.39 is 47.2 Å². The van der Waals surface area contributed by atoms with Crippen LogP contribution in [0.15, 0.2) is 42.7 Å². The summed E-state index contributed by atoms with van der Waals surface area (Å²) in [5.41, 5.74) is 3.83. The molecule has 0 saturated heterocycles. The lowest BCUT2D eigenvalue weighted by atomic mass is 9.78. The van der Waals surface area contributed by atoms with E-state index in [0.717, 1.165) is 47.5 Å². The molecule has 392 valence electrons. The summed E-state index contributed by atoms with van der Waals surface area (Å²) in [4.78, 5) is 75.4. The second-order valence-electron chi connectivity index (χ2n) is 21.1. The highest BCUT2D eigenvalue weighted by atomic mass is 35.5. The molecule has 2 N–H and O–H groups in total. The fourth-order valence-corrected chi connectivity index (χ4v) is 9.05. The predicted octanol–water partition coefficient (Wildman–Crippen LogP) is 10.2. The number of nitrogens with one attached hydrogen (secondary N) is 1. The fourth-order valence-electron chi connectivity index (χ4n) is 8.95. The Bertz CT molecular complexity index is 2270. The number of hydrogen-bond acceptors (Lipinski definition) is 16. The molecule has 0 bridgehead atoms. The van der Waals surface area contributed by atoms with Crippen LogP contribution in [-0.2, 0) is 53.1 Å².